The van der Waals surface area contributed by atoms with Gasteiger partial charge in [0.05, 0.1) is 24.4 Å². The molecular formula is C24H25N3O3. The molecule has 6 nitrogen and oxygen atoms in total. The van der Waals surface area contributed by atoms with Crippen LogP contribution in [0, 0.1) is 11.8 Å². The third kappa shape index (κ3) is 3.03. The van der Waals surface area contributed by atoms with Gasteiger partial charge in [-0.1, -0.05) is 6.08 Å². The van der Waals surface area contributed by atoms with Gasteiger partial charge in [-0.25, -0.2) is 0 Å². The molecule has 4 heterocycles. The highest BCUT2D eigenvalue weighted by Gasteiger charge is 2.43. The zero-order valence-electron chi connectivity index (χ0n) is 17.0. The van der Waals surface area contributed by atoms with Crippen molar-refractivity contribution < 1.29 is 4.74 Å². The van der Waals surface area contributed by atoms with Crippen molar-refractivity contribution in [3.05, 3.63) is 75.2 Å². The van der Waals surface area contributed by atoms with Gasteiger partial charge in [0.15, 0.2) is 0 Å². The first kappa shape index (κ1) is 19.0. The van der Waals surface area contributed by atoms with Gasteiger partial charge in [-0.15, -0.1) is 6.58 Å². The van der Waals surface area contributed by atoms with Crippen molar-refractivity contribution >= 4 is 16.6 Å². The molecule has 3 saturated heterocycles. The molecule has 2 unspecified atom stereocenters. The van der Waals surface area contributed by atoms with Crippen molar-refractivity contribution in [2.75, 3.05) is 25.5 Å². The van der Waals surface area contributed by atoms with Gasteiger partial charge < -0.3 is 10.1 Å². The molecule has 3 aliphatic rings. The zero-order chi connectivity index (χ0) is 20.8. The minimum Gasteiger partial charge on any atom is -0.497 e. The highest BCUT2D eigenvalue weighted by atomic mass is 16.5. The quantitative estimate of drug-likeness (QED) is 0.504. The summed E-state index contributed by atoms with van der Waals surface area (Å²) in [6.45, 7) is 6.04. The van der Waals surface area contributed by atoms with E-state index in [1.54, 1.807) is 7.11 Å². The van der Waals surface area contributed by atoms with Crippen LogP contribution < -0.4 is 20.9 Å². The van der Waals surface area contributed by atoms with Gasteiger partial charge in [0.2, 0.25) is 10.9 Å². The lowest BCUT2D eigenvalue weighted by Gasteiger charge is -2.52. The zero-order valence-corrected chi connectivity index (χ0v) is 17.0. The molecule has 6 heteroatoms. The number of anilines is 1. The summed E-state index contributed by atoms with van der Waals surface area (Å²) in [4.78, 5) is 30.6. The van der Waals surface area contributed by atoms with E-state index in [0.29, 0.717) is 17.5 Å². The molecule has 0 radical (unpaired) electrons. The number of hydrogen-bond donors (Lipinski definition) is 1. The second-order valence-corrected chi connectivity index (χ2v) is 8.40. The topological polar surface area (TPSA) is 71.5 Å². The van der Waals surface area contributed by atoms with E-state index >= 15 is 0 Å². The SMILES string of the molecule is C=C[C@H]1CN2CC[C@H]1CC2[C@H](Nc1cc(=O)c1=O)c1ccnc2ccc(OC)cc12. The Kier molecular flexibility index (Phi) is 4.66. The Morgan fingerprint density at radius 1 is 1.30 bits per heavy atom. The second kappa shape index (κ2) is 7.36. The van der Waals surface area contributed by atoms with E-state index in [2.05, 4.69) is 27.9 Å². The van der Waals surface area contributed by atoms with E-state index in [-0.39, 0.29) is 12.1 Å². The normalized spacial score (nSPS) is 26.6. The first-order valence-corrected chi connectivity index (χ1v) is 10.4. The number of fused-ring (bicyclic) bond motifs is 4. The Morgan fingerprint density at radius 3 is 2.83 bits per heavy atom. The number of aromatic nitrogens is 1. The number of benzene rings is 1. The summed E-state index contributed by atoms with van der Waals surface area (Å²) in [5.74, 6) is 1.87. The standard InChI is InChI=1S/C24H25N3O3/c1-3-14-13-27-9-7-15(14)10-21(27)23(26-20-12-22(28)24(20)29)17-6-8-25-19-5-4-16(30-2)11-18(17)19/h3-6,8,11-12,14-15,21,23,26H,1,7,9-10,13H2,2H3/t14-,15-,21?,23+/m0/s1. The Hall–Kier alpha value is -2.99. The van der Waals surface area contributed by atoms with Crippen molar-refractivity contribution in [1.82, 2.24) is 9.88 Å². The van der Waals surface area contributed by atoms with Crippen molar-refractivity contribution in [2.24, 2.45) is 11.8 Å². The number of ether oxygens (including phenoxy) is 1. The molecule has 3 aliphatic heterocycles. The van der Waals surface area contributed by atoms with E-state index < -0.39 is 10.9 Å². The van der Waals surface area contributed by atoms with E-state index in [1.165, 1.54) is 12.5 Å². The Labute approximate surface area is 174 Å². The molecule has 3 fully saturated rings. The molecular weight excluding hydrogens is 378 g/mol. The van der Waals surface area contributed by atoms with Crippen LogP contribution in [0.15, 0.2) is 58.8 Å². The van der Waals surface area contributed by atoms with Crippen LogP contribution in [-0.2, 0) is 0 Å². The van der Waals surface area contributed by atoms with Crippen molar-refractivity contribution in [3.8, 4) is 5.75 Å². The molecule has 1 aromatic heterocycles. The molecule has 154 valence electrons. The largest absolute Gasteiger partial charge is 0.497 e. The van der Waals surface area contributed by atoms with E-state index in [1.807, 2.05) is 30.5 Å². The Bertz CT molecular complexity index is 1180. The lowest BCUT2D eigenvalue weighted by Crippen LogP contribution is -2.56. The number of rotatable bonds is 6. The summed E-state index contributed by atoms with van der Waals surface area (Å²) in [6, 6.07) is 9.37. The van der Waals surface area contributed by atoms with Gasteiger partial charge in [-0.2, -0.15) is 0 Å². The molecule has 5 atom stereocenters. The average Bonchev–Trinajstić information content (AvgIpc) is 2.81. The first-order chi connectivity index (χ1) is 14.6. The number of pyridine rings is 1. The lowest BCUT2D eigenvalue weighted by molar-refractivity contribution is 0.0105. The monoisotopic (exact) mass is 403 g/mol. The second-order valence-electron chi connectivity index (χ2n) is 8.40. The predicted molar refractivity (Wildman–Crippen MR) is 118 cm³/mol. The van der Waals surface area contributed by atoms with Gasteiger partial charge in [-0.05, 0) is 61.1 Å². The third-order valence-electron chi connectivity index (χ3n) is 6.91. The molecule has 0 aliphatic carbocycles. The van der Waals surface area contributed by atoms with Crippen LogP contribution in [0.25, 0.3) is 10.9 Å². The van der Waals surface area contributed by atoms with E-state index in [4.69, 9.17) is 4.74 Å². The number of nitrogens with zero attached hydrogens (tertiary/aromatic N) is 2. The summed E-state index contributed by atoms with van der Waals surface area (Å²) in [7, 11) is 1.65. The van der Waals surface area contributed by atoms with E-state index in [9.17, 15) is 9.59 Å². The fourth-order valence-electron chi connectivity index (χ4n) is 5.24. The maximum absolute atomic E-state index is 12.1. The maximum atomic E-state index is 12.1. The van der Waals surface area contributed by atoms with Gasteiger partial charge in [-0.3, -0.25) is 19.5 Å². The van der Waals surface area contributed by atoms with Crippen LogP contribution >= 0.6 is 0 Å². The summed E-state index contributed by atoms with van der Waals surface area (Å²) < 4.78 is 5.45. The van der Waals surface area contributed by atoms with Gasteiger partial charge in [0.1, 0.15) is 5.75 Å². The summed E-state index contributed by atoms with van der Waals surface area (Å²) in [6.07, 6.45) is 6.09. The third-order valence-corrected chi connectivity index (χ3v) is 6.91. The van der Waals surface area contributed by atoms with Crippen LogP contribution in [0.1, 0.15) is 24.4 Å². The van der Waals surface area contributed by atoms with Crippen LogP contribution in [0.4, 0.5) is 5.69 Å². The molecule has 30 heavy (non-hydrogen) atoms. The van der Waals surface area contributed by atoms with Crippen molar-refractivity contribution in [2.45, 2.75) is 24.9 Å². The molecule has 3 aromatic rings. The first-order valence-electron chi connectivity index (χ1n) is 10.4. The fourth-order valence-corrected chi connectivity index (χ4v) is 5.24. The lowest BCUT2D eigenvalue weighted by atomic mass is 9.73. The predicted octanol–water partition coefficient (Wildman–Crippen LogP) is 2.89. The minimum absolute atomic E-state index is 0.125. The van der Waals surface area contributed by atoms with Crippen LogP contribution in [0.2, 0.25) is 0 Å². The average molecular weight is 403 g/mol. The number of hydrogen-bond acceptors (Lipinski definition) is 6. The van der Waals surface area contributed by atoms with Crippen molar-refractivity contribution in [1.29, 1.82) is 0 Å². The number of piperidine rings is 3. The van der Waals surface area contributed by atoms with E-state index in [0.717, 1.165) is 41.7 Å². The molecule has 0 amide bonds. The van der Waals surface area contributed by atoms with Crippen molar-refractivity contribution in [3.63, 3.8) is 0 Å². The van der Waals surface area contributed by atoms with Gasteiger partial charge in [0, 0.05) is 30.2 Å². The molecule has 2 bridgehead atoms. The summed E-state index contributed by atoms with van der Waals surface area (Å²) in [5, 5.41) is 4.42. The minimum atomic E-state index is -0.435. The van der Waals surface area contributed by atoms with Gasteiger partial charge >= 0.3 is 0 Å². The van der Waals surface area contributed by atoms with Crippen LogP contribution in [-0.4, -0.2) is 36.1 Å². The van der Waals surface area contributed by atoms with Crippen LogP contribution in [0.3, 0.4) is 0 Å². The molecule has 0 spiro atoms. The summed E-state index contributed by atoms with van der Waals surface area (Å²) in [5.41, 5.74) is 1.48. The Morgan fingerprint density at radius 2 is 2.17 bits per heavy atom. The highest BCUT2D eigenvalue weighted by Crippen LogP contribution is 2.43. The van der Waals surface area contributed by atoms with Crippen LogP contribution in [0.5, 0.6) is 5.75 Å². The fraction of sp³-hybridized carbons (Fsp3) is 0.375. The Balaban J connectivity index is 1.60. The smallest absolute Gasteiger partial charge is 0.248 e. The van der Waals surface area contributed by atoms with Gasteiger partial charge in [0.25, 0.3) is 0 Å². The number of nitrogens with one attached hydrogen (secondary N) is 1. The maximum Gasteiger partial charge on any atom is 0.248 e. The highest BCUT2D eigenvalue weighted by molar-refractivity contribution is 5.84. The number of methoxy groups -OCH3 is 1. The molecule has 2 aromatic carbocycles. The summed E-state index contributed by atoms with van der Waals surface area (Å²) >= 11 is 0. The molecule has 0 saturated carbocycles. The molecule has 1 N–H and O–H groups in total. The molecule has 6 rings (SSSR count).